The van der Waals surface area contributed by atoms with Crippen LogP contribution in [-0.2, 0) is 5.41 Å². The predicted octanol–water partition coefficient (Wildman–Crippen LogP) is 19.4. The first-order valence-electron chi connectivity index (χ1n) is 31.6. The van der Waals surface area contributed by atoms with E-state index in [0.717, 1.165) is 101 Å². The lowest BCUT2D eigenvalue weighted by molar-refractivity contribution is 0.591. The van der Waals surface area contributed by atoms with E-state index < -0.39 is 0 Å². The Bertz CT molecular complexity index is 5290. The Morgan fingerprint density at radius 3 is 1.42 bits per heavy atom. The van der Waals surface area contributed by atoms with Crippen LogP contribution in [-0.4, -0.2) is 31.2 Å². The second kappa shape index (κ2) is 22.1. The van der Waals surface area contributed by atoms with Crippen molar-refractivity contribution in [1.29, 1.82) is 0 Å². The summed E-state index contributed by atoms with van der Waals surface area (Å²) in [5.41, 5.74) is 26.3. The van der Waals surface area contributed by atoms with Gasteiger partial charge in [0.15, 0.2) is 11.6 Å². The Labute approximate surface area is 536 Å². The van der Waals surface area contributed by atoms with E-state index in [1.807, 2.05) is 24.3 Å². The molecule has 0 fully saturated rings. The number of anilines is 6. The zero-order valence-electron chi connectivity index (χ0n) is 51.2. The first kappa shape index (κ1) is 54.4. The lowest BCUT2D eigenvalue weighted by Crippen LogP contribution is -2.61. The van der Waals surface area contributed by atoms with Crippen LogP contribution in [0.2, 0.25) is 0 Å². The number of aromatic nitrogens is 5. The minimum Gasteiger partial charge on any atom is -0.311 e. The van der Waals surface area contributed by atoms with Gasteiger partial charge in [-0.1, -0.05) is 233 Å². The van der Waals surface area contributed by atoms with Crippen molar-refractivity contribution in [1.82, 2.24) is 24.5 Å². The lowest BCUT2D eigenvalue weighted by Gasteiger charge is -2.44. The Kier molecular flexibility index (Phi) is 13.1. The average molecular weight is 1180 g/mol. The molecule has 5 heterocycles. The monoisotopic (exact) mass is 1180 g/mol. The highest BCUT2D eigenvalue weighted by Crippen LogP contribution is 2.46. The number of benzene rings is 12. The van der Waals surface area contributed by atoms with Crippen LogP contribution in [0.1, 0.15) is 26.3 Å². The van der Waals surface area contributed by atoms with Gasteiger partial charge in [0.1, 0.15) is 0 Å². The molecule has 3 aromatic heterocycles. The van der Waals surface area contributed by atoms with Gasteiger partial charge in [0.2, 0.25) is 0 Å². The summed E-state index contributed by atoms with van der Waals surface area (Å²) in [6, 6.07) is 111. The molecule has 0 spiro atoms. The lowest BCUT2D eigenvalue weighted by atomic mass is 9.33. The fourth-order valence-corrected chi connectivity index (χ4v) is 14.0. The molecule has 0 aliphatic carbocycles. The second-order valence-corrected chi connectivity index (χ2v) is 25.0. The first-order chi connectivity index (χ1) is 45.3. The Balaban J connectivity index is 0.838. The van der Waals surface area contributed by atoms with Gasteiger partial charge in [0.25, 0.3) is 6.71 Å². The molecule has 12 aromatic carbocycles. The van der Waals surface area contributed by atoms with E-state index in [1.54, 1.807) is 0 Å². The summed E-state index contributed by atoms with van der Waals surface area (Å²) in [6.45, 7) is 6.90. The summed E-state index contributed by atoms with van der Waals surface area (Å²) < 4.78 is 2.42. The van der Waals surface area contributed by atoms with Crippen LogP contribution >= 0.6 is 0 Å². The number of para-hydroxylation sites is 4. The third-order valence-corrected chi connectivity index (χ3v) is 18.4. The molecule has 0 unspecified atom stereocenters. The summed E-state index contributed by atoms with van der Waals surface area (Å²) in [4.78, 5) is 26.7. The van der Waals surface area contributed by atoms with E-state index in [-0.39, 0.29) is 12.1 Å². The van der Waals surface area contributed by atoms with Crippen molar-refractivity contribution in [3.8, 4) is 84.6 Å². The van der Waals surface area contributed by atoms with Crippen LogP contribution in [0.25, 0.3) is 106 Å². The van der Waals surface area contributed by atoms with Gasteiger partial charge in [-0.3, -0.25) is 0 Å². The molecule has 0 bridgehead atoms. The quantitative estimate of drug-likeness (QED) is 0.127. The maximum Gasteiger partial charge on any atom is 0.252 e. The van der Waals surface area contributed by atoms with Crippen molar-refractivity contribution < 1.29 is 0 Å². The van der Waals surface area contributed by atoms with E-state index in [4.69, 9.17) is 19.9 Å². The maximum atomic E-state index is 5.72. The summed E-state index contributed by atoms with van der Waals surface area (Å²) >= 11 is 0. The van der Waals surface area contributed by atoms with Gasteiger partial charge in [0, 0.05) is 78.3 Å². The molecule has 8 heteroatoms. The molecule has 0 saturated carbocycles. The van der Waals surface area contributed by atoms with Gasteiger partial charge in [-0.2, -0.15) is 0 Å². The van der Waals surface area contributed by atoms with E-state index in [2.05, 4.69) is 320 Å². The minimum absolute atomic E-state index is 0.0459. The van der Waals surface area contributed by atoms with Crippen molar-refractivity contribution >= 4 is 79.0 Å². The molecule has 2 aliphatic heterocycles. The molecule has 0 N–H and O–H groups in total. The molecule has 0 atom stereocenters. The zero-order valence-corrected chi connectivity index (χ0v) is 51.2. The van der Waals surface area contributed by atoms with Crippen LogP contribution in [0.4, 0.5) is 34.1 Å². The molecular weight excluding hydrogens is 1120 g/mol. The van der Waals surface area contributed by atoms with Gasteiger partial charge in [0.05, 0.1) is 39.5 Å². The molecule has 17 rings (SSSR count). The highest BCUT2D eigenvalue weighted by Gasteiger charge is 2.43. The standard InChI is InChI=1S/C84H60BN7/c1-84(2,3)62-46-48-75-66(52-62)65-37-16-19-40-74(65)92(75)76-47-45-60(72-53-70(55-25-8-4-9-26-55)86-82(88-72)57-29-12-6-13-30-57)51-67(76)73-54-71(56-27-10-5-11-28-56)87-83(89-73)61-33-22-31-58(49-61)59-32-23-36-64(50-59)91-78-42-21-18-39-69(78)85-68-38-17-20-41-77(68)90(63-34-14-7-15-35-63)79-43-24-44-80(91)81(79)85/h4-54H,1-3H3. The van der Waals surface area contributed by atoms with Crippen LogP contribution in [0.5, 0.6) is 0 Å². The smallest absolute Gasteiger partial charge is 0.252 e. The summed E-state index contributed by atoms with van der Waals surface area (Å²) in [6.07, 6.45) is 0. The van der Waals surface area contributed by atoms with Crippen molar-refractivity contribution in [3.05, 3.63) is 315 Å². The third-order valence-electron chi connectivity index (χ3n) is 18.4. The molecule has 0 amide bonds. The van der Waals surface area contributed by atoms with Gasteiger partial charge < -0.3 is 14.4 Å². The fraction of sp³-hybridized carbons (Fsp3) is 0.0476. The van der Waals surface area contributed by atoms with Crippen molar-refractivity contribution in [2.24, 2.45) is 0 Å². The number of hydrogen-bond acceptors (Lipinski definition) is 6. The maximum absolute atomic E-state index is 5.72. The largest absolute Gasteiger partial charge is 0.311 e. The van der Waals surface area contributed by atoms with Crippen LogP contribution in [0, 0.1) is 0 Å². The molecule has 0 saturated heterocycles. The van der Waals surface area contributed by atoms with Gasteiger partial charge in [-0.15, -0.1) is 0 Å². The van der Waals surface area contributed by atoms with E-state index in [9.17, 15) is 0 Å². The van der Waals surface area contributed by atoms with Gasteiger partial charge in [-0.05, 0) is 136 Å². The molecule has 2 aliphatic rings. The molecule has 92 heavy (non-hydrogen) atoms. The predicted molar refractivity (Wildman–Crippen MR) is 383 cm³/mol. The van der Waals surface area contributed by atoms with Crippen LogP contribution in [0.3, 0.4) is 0 Å². The zero-order chi connectivity index (χ0) is 61.4. The van der Waals surface area contributed by atoms with Gasteiger partial charge >= 0.3 is 0 Å². The van der Waals surface area contributed by atoms with E-state index in [1.165, 1.54) is 49.8 Å². The van der Waals surface area contributed by atoms with Crippen molar-refractivity contribution in [2.75, 3.05) is 9.80 Å². The number of nitrogens with zero attached hydrogens (tertiary/aromatic N) is 7. The summed E-state index contributed by atoms with van der Waals surface area (Å²) in [7, 11) is 0. The van der Waals surface area contributed by atoms with Crippen LogP contribution < -0.4 is 26.2 Å². The molecule has 0 radical (unpaired) electrons. The van der Waals surface area contributed by atoms with E-state index in [0.29, 0.717) is 11.6 Å². The average Bonchev–Trinajstić information content (AvgIpc) is 0.858. The fourth-order valence-electron chi connectivity index (χ4n) is 14.0. The third kappa shape index (κ3) is 9.37. The normalized spacial score (nSPS) is 12.4. The Hall–Kier alpha value is -11.7. The van der Waals surface area contributed by atoms with Crippen molar-refractivity contribution in [3.63, 3.8) is 0 Å². The highest BCUT2D eigenvalue weighted by molar-refractivity contribution is 7.00. The summed E-state index contributed by atoms with van der Waals surface area (Å²) in [5.74, 6) is 1.27. The molecule has 434 valence electrons. The SMILES string of the molecule is CC(C)(C)c1ccc2c(c1)c1ccccc1n2-c1ccc(-c2cc(-c3ccccc3)nc(-c3ccccc3)n2)cc1-c1cc(-c2ccccc2)nc(-c2cccc(-c3cccc(N4c5ccccc5B5c6ccccc6N(c6ccccc6)c6cccc4c65)c3)c2)n1. The number of hydrogen-bond donors (Lipinski definition) is 0. The summed E-state index contributed by atoms with van der Waals surface area (Å²) in [5, 5.41) is 2.39. The van der Waals surface area contributed by atoms with Crippen LogP contribution in [0.15, 0.2) is 309 Å². The first-order valence-corrected chi connectivity index (χ1v) is 31.6. The molecule has 7 nitrogen and oxygen atoms in total. The van der Waals surface area contributed by atoms with Crippen molar-refractivity contribution in [2.45, 2.75) is 26.2 Å². The van der Waals surface area contributed by atoms with E-state index >= 15 is 0 Å². The Morgan fingerprint density at radius 2 is 0.761 bits per heavy atom. The molecular formula is C84H60BN7. The topological polar surface area (TPSA) is 63.0 Å². The molecule has 15 aromatic rings. The second-order valence-electron chi connectivity index (χ2n) is 25.0. The number of fused-ring (bicyclic) bond motifs is 7. The van der Waals surface area contributed by atoms with Gasteiger partial charge in [-0.25, -0.2) is 19.9 Å². The Morgan fingerprint density at radius 1 is 0.293 bits per heavy atom. The highest BCUT2D eigenvalue weighted by atomic mass is 15.2. The number of rotatable bonds is 10. The minimum atomic E-state index is -0.0459.